The zero-order valence-electron chi connectivity index (χ0n) is 17.3. The van der Waals surface area contributed by atoms with E-state index < -0.39 is 5.54 Å². The van der Waals surface area contributed by atoms with Crippen molar-refractivity contribution < 1.29 is 10.0 Å². The van der Waals surface area contributed by atoms with Crippen molar-refractivity contribution in [3.05, 3.63) is 12.2 Å². The number of carbonyl (C=O) groups is 1. The van der Waals surface area contributed by atoms with Crippen molar-refractivity contribution in [2.24, 2.45) is 10.9 Å². The molecule has 156 valence electrons. The first kappa shape index (κ1) is 23.5. The Morgan fingerprint density at radius 2 is 1.48 bits per heavy atom. The SMILES string of the molecule is CCCCCCCCC=CCCCCCCCC(=O)NC1(C(N)=NO)CC1. The van der Waals surface area contributed by atoms with Gasteiger partial charge in [0.25, 0.3) is 0 Å². The van der Waals surface area contributed by atoms with Crippen molar-refractivity contribution >= 4 is 11.7 Å². The molecule has 5 nitrogen and oxygen atoms in total. The van der Waals surface area contributed by atoms with Crippen molar-refractivity contribution in [1.29, 1.82) is 0 Å². The second-order valence-electron chi connectivity index (χ2n) is 7.95. The molecule has 0 atom stereocenters. The molecule has 0 saturated heterocycles. The largest absolute Gasteiger partial charge is 0.409 e. The van der Waals surface area contributed by atoms with E-state index in [4.69, 9.17) is 10.9 Å². The van der Waals surface area contributed by atoms with Gasteiger partial charge < -0.3 is 16.3 Å². The highest BCUT2D eigenvalue weighted by Gasteiger charge is 2.48. The van der Waals surface area contributed by atoms with Gasteiger partial charge in [-0.25, -0.2) is 0 Å². The maximum absolute atomic E-state index is 11.9. The van der Waals surface area contributed by atoms with Crippen LogP contribution in [0.1, 0.15) is 110 Å². The summed E-state index contributed by atoms with van der Waals surface area (Å²) in [4.78, 5) is 11.9. The molecule has 1 aliphatic carbocycles. The van der Waals surface area contributed by atoms with Gasteiger partial charge in [-0.2, -0.15) is 0 Å². The zero-order chi connectivity index (χ0) is 19.8. The number of allylic oxidation sites excluding steroid dienone is 2. The lowest BCUT2D eigenvalue weighted by Gasteiger charge is -2.15. The summed E-state index contributed by atoms with van der Waals surface area (Å²) in [5, 5.41) is 14.7. The molecule has 1 saturated carbocycles. The van der Waals surface area contributed by atoms with Gasteiger partial charge in [-0.05, 0) is 44.9 Å². The van der Waals surface area contributed by atoms with Crippen LogP contribution in [0.3, 0.4) is 0 Å². The van der Waals surface area contributed by atoms with Crippen LogP contribution in [0, 0.1) is 0 Å². The Hall–Kier alpha value is -1.52. The van der Waals surface area contributed by atoms with Gasteiger partial charge in [-0.3, -0.25) is 4.79 Å². The van der Waals surface area contributed by atoms with Gasteiger partial charge in [-0.1, -0.05) is 75.6 Å². The van der Waals surface area contributed by atoms with E-state index in [1.165, 1.54) is 70.6 Å². The number of nitrogens with zero attached hydrogens (tertiary/aromatic N) is 1. The number of rotatable bonds is 17. The molecule has 1 amide bonds. The highest BCUT2D eigenvalue weighted by atomic mass is 16.4. The lowest BCUT2D eigenvalue weighted by Crippen LogP contribution is -2.46. The molecule has 27 heavy (non-hydrogen) atoms. The van der Waals surface area contributed by atoms with Crippen molar-refractivity contribution in [3.63, 3.8) is 0 Å². The molecule has 0 radical (unpaired) electrons. The van der Waals surface area contributed by atoms with Crippen LogP contribution in [-0.4, -0.2) is 22.5 Å². The molecule has 0 aliphatic heterocycles. The van der Waals surface area contributed by atoms with Crippen molar-refractivity contribution in [1.82, 2.24) is 5.32 Å². The second kappa shape index (κ2) is 14.5. The summed E-state index contributed by atoms with van der Waals surface area (Å²) in [6.45, 7) is 2.26. The Morgan fingerprint density at radius 1 is 0.963 bits per heavy atom. The molecule has 0 aromatic carbocycles. The van der Waals surface area contributed by atoms with Crippen LogP contribution in [-0.2, 0) is 4.79 Å². The van der Waals surface area contributed by atoms with Crippen LogP contribution in [0.25, 0.3) is 0 Å². The molecule has 0 aromatic rings. The first-order chi connectivity index (χ1) is 13.1. The van der Waals surface area contributed by atoms with Crippen LogP contribution in [0.4, 0.5) is 0 Å². The van der Waals surface area contributed by atoms with Crippen molar-refractivity contribution in [2.45, 2.75) is 115 Å². The Bertz CT molecular complexity index is 456. The smallest absolute Gasteiger partial charge is 0.220 e. The molecule has 5 heteroatoms. The Balaban J connectivity index is 1.86. The minimum atomic E-state index is -0.562. The number of hydrogen-bond acceptors (Lipinski definition) is 3. The summed E-state index contributed by atoms with van der Waals surface area (Å²) >= 11 is 0. The van der Waals surface area contributed by atoms with Gasteiger partial charge in [0.15, 0.2) is 5.84 Å². The van der Waals surface area contributed by atoms with Crippen LogP contribution in [0.2, 0.25) is 0 Å². The topological polar surface area (TPSA) is 87.7 Å². The summed E-state index contributed by atoms with van der Waals surface area (Å²) in [7, 11) is 0. The Labute approximate surface area is 165 Å². The lowest BCUT2D eigenvalue weighted by molar-refractivity contribution is -0.121. The molecule has 1 fully saturated rings. The van der Waals surface area contributed by atoms with Crippen molar-refractivity contribution in [2.75, 3.05) is 0 Å². The van der Waals surface area contributed by atoms with Gasteiger partial charge in [0.05, 0.1) is 0 Å². The maximum Gasteiger partial charge on any atom is 0.220 e. The van der Waals surface area contributed by atoms with E-state index in [0.717, 1.165) is 25.7 Å². The fraction of sp³-hybridized carbons (Fsp3) is 0.818. The number of unbranched alkanes of at least 4 members (excludes halogenated alkanes) is 11. The molecule has 0 aromatic heterocycles. The van der Waals surface area contributed by atoms with Crippen LogP contribution >= 0.6 is 0 Å². The molecule has 4 N–H and O–H groups in total. The van der Waals surface area contributed by atoms with Crippen LogP contribution in [0.15, 0.2) is 17.3 Å². The Kier molecular flexibility index (Phi) is 12.7. The molecule has 0 heterocycles. The van der Waals surface area contributed by atoms with Crippen LogP contribution in [0.5, 0.6) is 0 Å². The first-order valence-electron chi connectivity index (χ1n) is 11.1. The minimum Gasteiger partial charge on any atom is -0.409 e. The zero-order valence-corrected chi connectivity index (χ0v) is 17.3. The fourth-order valence-corrected chi connectivity index (χ4v) is 3.35. The molecular formula is C22H41N3O2. The summed E-state index contributed by atoms with van der Waals surface area (Å²) in [5.74, 6) is 0.136. The number of amides is 1. The molecule has 0 bridgehead atoms. The summed E-state index contributed by atoms with van der Waals surface area (Å²) < 4.78 is 0. The molecule has 1 aliphatic rings. The monoisotopic (exact) mass is 379 g/mol. The molecule has 0 spiro atoms. The van der Waals surface area contributed by atoms with E-state index >= 15 is 0 Å². The normalized spacial score (nSPS) is 16.0. The standard InChI is InChI=1S/C22H41N3O2/c1-2-3-4-5-6-7-8-9-10-11-12-13-14-15-16-17-20(26)24-22(18-19-22)21(23)25-27/h9-10,27H,2-8,11-19H2,1H3,(H2,23,25)(H,24,26). The minimum absolute atomic E-state index is 0.0109. The number of hydrogen-bond donors (Lipinski definition) is 3. The average molecular weight is 380 g/mol. The van der Waals surface area contributed by atoms with Crippen LogP contribution < -0.4 is 11.1 Å². The number of carbonyl (C=O) groups excluding carboxylic acids is 1. The van der Waals surface area contributed by atoms with Gasteiger partial charge in [0.1, 0.15) is 5.54 Å². The highest BCUT2D eigenvalue weighted by molar-refractivity contribution is 5.96. The number of nitrogens with two attached hydrogens (primary N) is 1. The summed E-state index contributed by atoms with van der Waals surface area (Å²) in [6.07, 6.45) is 23.0. The third-order valence-corrected chi connectivity index (χ3v) is 5.39. The highest BCUT2D eigenvalue weighted by Crippen LogP contribution is 2.35. The molecule has 1 rings (SSSR count). The lowest BCUT2D eigenvalue weighted by atomic mass is 10.1. The number of nitrogens with one attached hydrogen (secondary N) is 1. The predicted octanol–water partition coefficient (Wildman–Crippen LogP) is 5.42. The van der Waals surface area contributed by atoms with E-state index in [1.54, 1.807) is 0 Å². The summed E-state index contributed by atoms with van der Waals surface area (Å²) in [6, 6.07) is 0. The van der Waals surface area contributed by atoms with E-state index in [0.29, 0.717) is 6.42 Å². The molecule has 0 unspecified atom stereocenters. The van der Waals surface area contributed by atoms with Gasteiger partial charge >= 0.3 is 0 Å². The first-order valence-corrected chi connectivity index (χ1v) is 11.1. The van der Waals surface area contributed by atoms with Crippen molar-refractivity contribution in [3.8, 4) is 0 Å². The second-order valence-corrected chi connectivity index (χ2v) is 7.95. The van der Waals surface area contributed by atoms with E-state index in [9.17, 15) is 4.79 Å². The maximum atomic E-state index is 11.9. The van der Waals surface area contributed by atoms with E-state index in [1.807, 2.05) is 0 Å². The number of amidine groups is 1. The van der Waals surface area contributed by atoms with E-state index in [2.05, 4.69) is 29.5 Å². The van der Waals surface area contributed by atoms with E-state index in [-0.39, 0.29) is 11.7 Å². The summed E-state index contributed by atoms with van der Waals surface area (Å²) in [5.41, 5.74) is 5.07. The average Bonchev–Trinajstić information content (AvgIpc) is 3.44. The van der Waals surface area contributed by atoms with Gasteiger partial charge in [0.2, 0.25) is 5.91 Å². The molecular weight excluding hydrogens is 338 g/mol. The number of oxime groups is 1. The third-order valence-electron chi connectivity index (χ3n) is 5.39. The quantitative estimate of drug-likeness (QED) is 0.0787. The Morgan fingerprint density at radius 3 is 2.00 bits per heavy atom. The predicted molar refractivity (Wildman–Crippen MR) is 113 cm³/mol. The van der Waals surface area contributed by atoms with Gasteiger partial charge in [0, 0.05) is 6.42 Å². The third kappa shape index (κ3) is 11.0. The fourth-order valence-electron chi connectivity index (χ4n) is 3.35. The van der Waals surface area contributed by atoms with Gasteiger partial charge in [-0.15, -0.1) is 0 Å².